The van der Waals surface area contributed by atoms with Gasteiger partial charge in [0, 0.05) is 29.8 Å². The molecule has 1 unspecified atom stereocenters. The molecule has 0 bridgehead atoms. The van der Waals surface area contributed by atoms with Gasteiger partial charge in [0.1, 0.15) is 0 Å². The Hall–Kier alpha value is -0.670. The largest absolute Gasteiger partial charge is 0.369 e. The van der Waals surface area contributed by atoms with Crippen molar-refractivity contribution in [3.63, 3.8) is 0 Å². The number of benzene rings is 1. The molecule has 20 heavy (non-hydrogen) atoms. The van der Waals surface area contributed by atoms with Crippen molar-refractivity contribution >= 4 is 17.4 Å². The molecular formula is C17H26N2S. The molecule has 3 rings (SSSR count). The van der Waals surface area contributed by atoms with Crippen LogP contribution in [-0.4, -0.2) is 42.9 Å². The van der Waals surface area contributed by atoms with Gasteiger partial charge in [-0.3, -0.25) is 0 Å². The van der Waals surface area contributed by atoms with Crippen molar-refractivity contribution in [1.29, 1.82) is 0 Å². The van der Waals surface area contributed by atoms with Crippen LogP contribution in [0.3, 0.4) is 0 Å². The van der Waals surface area contributed by atoms with E-state index in [-0.39, 0.29) is 0 Å². The van der Waals surface area contributed by atoms with Crippen molar-refractivity contribution in [2.24, 2.45) is 0 Å². The van der Waals surface area contributed by atoms with Gasteiger partial charge >= 0.3 is 0 Å². The van der Waals surface area contributed by atoms with Gasteiger partial charge in [0.05, 0.1) is 5.69 Å². The van der Waals surface area contributed by atoms with E-state index in [1.54, 1.807) is 0 Å². The van der Waals surface area contributed by atoms with Crippen LogP contribution in [-0.2, 0) is 0 Å². The average molecular weight is 290 g/mol. The summed E-state index contributed by atoms with van der Waals surface area (Å²) in [6.45, 7) is 8.59. The van der Waals surface area contributed by atoms with Gasteiger partial charge in [0.25, 0.3) is 0 Å². The van der Waals surface area contributed by atoms with Gasteiger partial charge in [0.2, 0.25) is 0 Å². The molecule has 2 aliphatic heterocycles. The predicted octanol–water partition coefficient (Wildman–Crippen LogP) is 3.86. The molecule has 3 heteroatoms. The first-order valence-corrected chi connectivity index (χ1v) is 8.94. The second-order valence-corrected chi connectivity index (χ2v) is 7.55. The van der Waals surface area contributed by atoms with Crippen molar-refractivity contribution in [3.05, 3.63) is 24.3 Å². The van der Waals surface area contributed by atoms with Gasteiger partial charge < -0.3 is 9.80 Å². The molecule has 1 atom stereocenters. The molecule has 0 amide bonds. The Kier molecular flexibility index (Phi) is 4.90. The average Bonchev–Trinajstić information content (AvgIpc) is 2.65. The van der Waals surface area contributed by atoms with Crippen molar-refractivity contribution in [1.82, 2.24) is 4.90 Å². The number of thioether (sulfide) groups is 1. The molecule has 1 saturated heterocycles. The summed E-state index contributed by atoms with van der Waals surface area (Å²) in [5, 5.41) is 0.733. The number of rotatable bonds is 3. The smallest absolute Gasteiger partial charge is 0.0504 e. The summed E-state index contributed by atoms with van der Waals surface area (Å²) in [6, 6.07) is 8.95. The summed E-state index contributed by atoms with van der Waals surface area (Å²) in [7, 11) is 0. The molecule has 1 aromatic carbocycles. The number of anilines is 1. The molecule has 2 aliphatic rings. The SMILES string of the molecule is CC1CCN(CCN2CCCCC2)c2ccccc2S1. The fourth-order valence-corrected chi connectivity index (χ4v) is 4.36. The molecule has 1 aromatic rings. The van der Waals surface area contributed by atoms with Crippen LogP contribution in [0, 0.1) is 0 Å². The van der Waals surface area contributed by atoms with Crippen LogP contribution in [0.25, 0.3) is 0 Å². The van der Waals surface area contributed by atoms with Gasteiger partial charge in [0.15, 0.2) is 0 Å². The van der Waals surface area contributed by atoms with E-state index >= 15 is 0 Å². The molecule has 0 aromatic heterocycles. The van der Waals surface area contributed by atoms with E-state index < -0.39 is 0 Å². The van der Waals surface area contributed by atoms with Gasteiger partial charge in [-0.2, -0.15) is 0 Å². The Bertz CT molecular complexity index is 429. The van der Waals surface area contributed by atoms with E-state index in [1.807, 2.05) is 11.8 Å². The molecule has 2 nitrogen and oxygen atoms in total. The zero-order valence-electron chi connectivity index (χ0n) is 12.6. The Balaban J connectivity index is 1.66. The number of para-hydroxylation sites is 1. The molecule has 110 valence electrons. The molecular weight excluding hydrogens is 264 g/mol. The van der Waals surface area contributed by atoms with Crippen molar-refractivity contribution < 1.29 is 0 Å². The summed E-state index contributed by atoms with van der Waals surface area (Å²) < 4.78 is 0. The van der Waals surface area contributed by atoms with Crippen LogP contribution in [0.5, 0.6) is 0 Å². The van der Waals surface area contributed by atoms with Crippen LogP contribution < -0.4 is 4.90 Å². The van der Waals surface area contributed by atoms with Crippen LogP contribution in [0.4, 0.5) is 5.69 Å². The fraction of sp³-hybridized carbons (Fsp3) is 0.647. The van der Waals surface area contributed by atoms with Crippen LogP contribution >= 0.6 is 11.8 Å². The lowest BCUT2D eigenvalue weighted by atomic mass is 10.1. The Morgan fingerprint density at radius 3 is 2.70 bits per heavy atom. The van der Waals surface area contributed by atoms with Crippen molar-refractivity contribution in [2.45, 2.75) is 42.8 Å². The Morgan fingerprint density at radius 2 is 1.85 bits per heavy atom. The van der Waals surface area contributed by atoms with E-state index in [1.165, 1.54) is 69.0 Å². The maximum absolute atomic E-state index is 2.65. The molecule has 1 fully saturated rings. The Morgan fingerprint density at radius 1 is 1.05 bits per heavy atom. The monoisotopic (exact) mass is 290 g/mol. The zero-order chi connectivity index (χ0) is 13.8. The topological polar surface area (TPSA) is 6.48 Å². The lowest BCUT2D eigenvalue weighted by Gasteiger charge is -2.31. The minimum absolute atomic E-state index is 0.733. The lowest BCUT2D eigenvalue weighted by molar-refractivity contribution is 0.233. The number of piperidine rings is 1. The van der Waals surface area contributed by atoms with Gasteiger partial charge in [-0.05, 0) is 44.5 Å². The highest BCUT2D eigenvalue weighted by molar-refractivity contribution is 8.00. The molecule has 2 heterocycles. The normalized spacial score (nSPS) is 24.2. The van der Waals surface area contributed by atoms with Gasteiger partial charge in [-0.25, -0.2) is 0 Å². The summed E-state index contributed by atoms with van der Waals surface area (Å²) in [4.78, 5) is 6.73. The molecule has 0 saturated carbocycles. The summed E-state index contributed by atoms with van der Waals surface area (Å²) >= 11 is 2.04. The summed E-state index contributed by atoms with van der Waals surface area (Å²) in [5.41, 5.74) is 1.46. The van der Waals surface area contributed by atoms with Crippen LogP contribution in [0.1, 0.15) is 32.6 Å². The molecule has 0 N–H and O–H groups in total. The first-order valence-electron chi connectivity index (χ1n) is 8.06. The standard InChI is InChI=1S/C17H26N2S/c1-15-9-12-19(14-13-18-10-5-2-6-11-18)16-7-3-4-8-17(16)20-15/h3-4,7-8,15H,2,5-6,9-14H2,1H3. The van der Waals surface area contributed by atoms with E-state index in [0.717, 1.165) is 5.25 Å². The lowest BCUT2D eigenvalue weighted by Crippen LogP contribution is -2.38. The highest BCUT2D eigenvalue weighted by Crippen LogP contribution is 2.37. The second-order valence-electron chi connectivity index (χ2n) is 6.07. The second kappa shape index (κ2) is 6.86. The third-order valence-electron chi connectivity index (χ3n) is 4.47. The van der Waals surface area contributed by atoms with E-state index in [0.29, 0.717) is 0 Å². The van der Waals surface area contributed by atoms with E-state index in [4.69, 9.17) is 0 Å². The van der Waals surface area contributed by atoms with E-state index in [2.05, 4.69) is 41.0 Å². The van der Waals surface area contributed by atoms with Crippen molar-refractivity contribution in [2.75, 3.05) is 37.6 Å². The van der Waals surface area contributed by atoms with E-state index in [9.17, 15) is 0 Å². The first-order chi connectivity index (χ1) is 9.83. The maximum atomic E-state index is 2.65. The molecule has 0 radical (unpaired) electrons. The number of hydrogen-bond acceptors (Lipinski definition) is 3. The number of hydrogen-bond donors (Lipinski definition) is 0. The zero-order valence-corrected chi connectivity index (χ0v) is 13.4. The molecule has 0 aliphatic carbocycles. The maximum Gasteiger partial charge on any atom is 0.0504 e. The predicted molar refractivity (Wildman–Crippen MR) is 88.9 cm³/mol. The fourth-order valence-electron chi connectivity index (χ4n) is 3.23. The minimum Gasteiger partial charge on any atom is -0.369 e. The minimum atomic E-state index is 0.733. The molecule has 0 spiro atoms. The Labute approximate surface area is 127 Å². The number of fused-ring (bicyclic) bond motifs is 1. The van der Waals surface area contributed by atoms with Gasteiger partial charge in [-0.1, -0.05) is 25.5 Å². The highest BCUT2D eigenvalue weighted by atomic mass is 32.2. The van der Waals surface area contributed by atoms with Crippen molar-refractivity contribution in [3.8, 4) is 0 Å². The summed E-state index contributed by atoms with van der Waals surface area (Å²) in [5.74, 6) is 0. The quantitative estimate of drug-likeness (QED) is 0.834. The van der Waals surface area contributed by atoms with Crippen LogP contribution in [0.15, 0.2) is 29.2 Å². The third-order valence-corrected chi connectivity index (χ3v) is 5.71. The highest BCUT2D eigenvalue weighted by Gasteiger charge is 2.20. The van der Waals surface area contributed by atoms with Gasteiger partial charge in [-0.15, -0.1) is 11.8 Å². The third kappa shape index (κ3) is 3.50. The first kappa shape index (κ1) is 14.3. The number of likely N-dealkylation sites (tertiary alicyclic amines) is 1. The van der Waals surface area contributed by atoms with Crippen LogP contribution in [0.2, 0.25) is 0 Å². The number of nitrogens with zero attached hydrogens (tertiary/aromatic N) is 2. The summed E-state index contributed by atoms with van der Waals surface area (Å²) in [6.07, 6.45) is 5.50.